The van der Waals surface area contributed by atoms with Crippen molar-refractivity contribution in [1.82, 2.24) is 20.0 Å². The molecule has 1 aromatic carbocycles. The zero-order valence-electron chi connectivity index (χ0n) is 15.4. The number of hydrogen-bond donors (Lipinski definition) is 1. The van der Waals surface area contributed by atoms with Crippen LogP contribution in [0.4, 0.5) is 0 Å². The quantitative estimate of drug-likeness (QED) is 0.910. The number of para-hydroxylation sites is 1. The lowest BCUT2D eigenvalue weighted by Gasteiger charge is -2.34. The summed E-state index contributed by atoms with van der Waals surface area (Å²) in [4.78, 5) is 14.9. The minimum absolute atomic E-state index is 0.101. The molecule has 0 radical (unpaired) electrons. The van der Waals surface area contributed by atoms with Gasteiger partial charge in [-0.1, -0.05) is 32.0 Å². The molecule has 0 aliphatic carbocycles. The number of aromatic nitrogens is 2. The van der Waals surface area contributed by atoms with Gasteiger partial charge in [0, 0.05) is 31.9 Å². The summed E-state index contributed by atoms with van der Waals surface area (Å²) in [5.74, 6) is 1.38. The van der Waals surface area contributed by atoms with Crippen LogP contribution >= 0.6 is 0 Å². The molecule has 2 heterocycles. The molecule has 1 N–H and O–H groups in total. The normalized spacial score (nSPS) is 21.2. The van der Waals surface area contributed by atoms with Crippen molar-refractivity contribution >= 4 is 5.91 Å². The number of piperidine rings is 1. The maximum Gasteiger partial charge on any atom is 0.271 e. The molecule has 1 saturated heterocycles. The average Bonchev–Trinajstić information content (AvgIpc) is 2.97. The van der Waals surface area contributed by atoms with Crippen LogP contribution in [0.5, 0.6) is 0 Å². The van der Waals surface area contributed by atoms with Crippen LogP contribution in [0, 0.1) is 18.8 Å². The SMILES string of the molecule is Cc1cc(C(=O)NCCN2CC(C)CC(C)C2)nn1-c1ccccc1. The number of nitrogens with zero attached hydrogens (tertiary/aromatic N) is 3. The Morgan fingerprint density at radius 2 is 1.88 bits per heavy atom. The van der Waals surface area contributed by atoms with E-state index in [1.165, 1.54) is 6.42 Å². The predicted octanol–water partition coefficient (Wildman–Crippen LogP) is 2.89. The van der Waals surface area contributed by atoms with Gasteiger partial charge >= 0.3 is 0 Å². The molecule has 0 spiro atoms. The highest BCUT2D eigenvalue weighted by molar-refractivity contribution is 5.92. The molecule has 1 aliphatic heterocycles. The highest BCUT2D eigenvalue weighted by Crippen LogP contribution is 2.20. The maximum atomic E-state index is 12.4. The van der Waals surface area contributed by atoms with Gasteiger partial charge in [0.2, 0.25) is 0 Å². The Morgan fingerprint density at radius 3 is 2.56 bits per heavy atom. The van der Waals surface area contributed by atoms with Crippen LogP contribution in [0.25, 0.3) is 5.69 Å². The first-order valence-corrected chi connectivity index (χ1v) is 9.15. The minimum atomic E-state index is -0.101. The average molecular weight is 340 g/mol. The molecule has 5 nitrogen and oxygen atoms in total. The fourth-order valence-electron chi connectivity index (χ4n) is 3.81. The van der Waals surface area contributed by atoms with E-state index in [0.29, 0.717) is 12.2 Å². The second-order valence-electron chi connectivity index (χ2n) is 7.38. The van der Waals surface area contributed by atoms with Gasteiger partial charge in [-0.2, -0.15) is 5.10 Å². The van der Waals surface area contributed by atoms with E-state index in [2.05, 4.69) is 29.2 Å². The van der Waals surface area contributed by atoms with Gasteiger partial charge in [0.1, 0.15) is 0 Å². The minimum Gasteiger partial charge on any atom is -0.349 e. The van der Waals surface area contributed by atoms with Crippen LogP contribution in [0.2, 0.25) is 0 Å². The van der Waals surface area contributed by atoms with Crippen LogP contribution in [0.15, 0.2) is 36.4 Å². The first-order valence-electron chi connectivity index (χ1n) is 9.15. The Balaban J connectivity index is 1.55. The van der Waals surface area contributed by atoms with Gasteiger partial charge in [-0.15, -0.1) is 0 Å². The molecule has 134 valence electrons. The van der Waals surface area contributed by atoms with E-state index in [1.54, 1.807) is 0 Å². The van der Waals surface area contributed by atoms with E-state index >= 15 is 0 Å². The Labute approximate surface area is 150 Å². The van der Waals surface area contributed by atoms with Crippen molar-refractivity contribution in [3.05, 3.63) is 47.8 Å². The van der Waals surface area contributed by atoms with Gasteiger partial charge in [-0.3, -0.25) is 4.79 Å². The van der Waals surface area contributed by atoms with Crippen molar-refractivity contribution in [1.29, 1.82) is 0 Å². The van der Waals surface area contributed by atoms with Crippen molar-refractivity contribution < 1.29 is 4.79 Å². The second kappa shape index (κ2) is 7.83. The first kappa shape index (κ1) is 17.7. The number of aryl methyl sites for hydroxylation is 1. The van der Waals surface area contributed by atoms with E-state index in [-0.39, 0.29) is 5.91 Å². The van der Waals surface area contributed by atoms with Crippen molar-refractivity contribution in [3.63, 3.8) is 0 Å². The zero-order valence-corrected chi connectivity index (χ0v) is 15.4. The molecular formula is C20H28N4O. The molecule has 1 amide bonds. The van der Waals surface area contributed by atoms with Crippen LogP contribution in [0.1, 0.15) is 36.5 Å². The molecule has 5 heteroatoms. The summed E-state index contributed by atoms with van der Waals surface area (Å²) in [5, 5.41) is 7.47. The number of benzene rings is 1. The van der Waals surface area contributed by atoms with Gasteiger partial charge in [0.25, 0.3) is 5.91 Å². The lowest BCUT2D eigenvalue weighted by atomic mass is 9.92. The third kappa shape index (κ3) is 4.48. The summed E-state index contributed by atoms with van der Waals surface area (Å²) in [6, 6.07) is 11.7. The molecule has 0 bridgehead atoms. The predicted molar refractivity (Wildman–Crippen MR) is 100 cm³/mol. The standard InChI is InChI=1S/C20H28N4O/c1-15-11-16(2)14-23(13-15)10-9-21-20(25)19-12-17(3)24(22-19)18-7-5-4-6-8-18/h4-8,12,15-16H,9-11,13-14H2,1-3H3,(H,21,25). The molecule has 2 unspecified atom stereocenters. The maximum absolute atomic E-state index is 12.4. The molecule has 1 fully saturated rings. The molecule has 2 aromatic rings. The summed E-state index contributed by atoms with van der Waals surface area (Å²) < 4.78 is 1.81. The Morgan fingerprint density at radius 1 is 1.20 bits per heavy atom. The van der Waals surface area contributed by atoms with Crippen LogP contribution in [-0.2, 0) is 0 Å². The molecule has 0 saturated carbocycles. The number of rotatable bonds is 5. The highest BCUT2D eigenvalue weighted by Gasteiger charge is 2.21. The van der Waals surface area contributed by atoms with E-state index < -0.39 is 0 Å². The van der Waals surface area contributed by atoms with Gasteiger partial charge in [-0.25, -0.2) is 4.68 Å². The van der Waals surface area contributed by atoms with Crippen molar-refractivity contribution in [3.8, 4) is 5.69 Å². The Kier molecular flexibility index (Phi) is 5.53. The summed E-state index contributed by atoms with van der Waals surface area (Å²) in [7, 11) is 0. The number of hydrogen-bond acceptors (Lipinski definition) is 3. The summed E-state index contributed by atoms with van der Waals surface area (Å²) in [6.07, 6.45) is 1.30. The zero-order chi connectivity index (χ0) is 17.8. The van der Waals surface area contributed by atoms with E-state index in [1.807, 2.05) is 48.0 Å². The Bertz CT molecular complexity index is 700. The van der Waals surface area contributed by atoms with Crippen LogP contribution in [0.3, 0.4) is 0 Å². The third-order valence-corrected chi connectivity index (χ3v) is 4.78. The lowest BCUT2D eigenvalue weighted by Crippen LogP contribution is -2.42. The largest absolute Gasteiger partial charge is 0.349 e. The Hall–Kier alpha value is -2.14. The second-order valence-corrected chi connectivity index (χ2v) is 7.38. The van der Waals surface area contributed by atoms with Crippen molar-refractivity contribution in [2.45, 2.75) is 27.2 Å². The monoisotopic (exact) mass is 340 g/mol. The fraction of sp³-hybridized carbons (Fsp3) is 0.500. The molecular weight excluding hydrogens is 312 g/mol. The van der Waals surface area contributed by atoms with Crippen molar-refractivity contribution in [2.75, 3.05) is 26.2 Å². The van der Waals surface area contributed by atoms with Gasteiger partial charge < -0.3 is 10.2 Å². The number of amides is 1. The smallest absolute Gasteiger partial charge is 0.271 e. The van der Waals surface area contributed by atoms with Gasteiger partial charge in [-0.05, 0) is 43.4 Å². The van der Waals surface area contributed by atoms with Crippen LogP contribution in [-0.4, -0.2) is 46.8 Å². The van der Waals surface area contributed by atoms with Crippen LogP contribution < -0.4 is 5.32 Å². The molecule has 2 atom stereocenters. The third-order valence-electron chi connectivity index (χ3n) is 4.78. The number of nitrogens with one attached hydrogen (secondary N) is 1. The van der Waals surface area contributed by atoms with E-state index in [0.717, 1.165) is 42.9 Å². The summed E-state index contributed by atoms with van der Waals surface area (Å²) in [6.45, 7) is 10.4. The van der Waals surface area contributed by atoms with Crippen molar-refractivity contribution in [2.24, 2.45) is 11.8 Å². The number of likely N-dealkylation sites (tertiary alicyclic amines) is 1. The lowest BCUT2D eigenvalue weighted by molar-refractivity contribution is 0.0931. The topological polar surface area (TPSA) is 50.2 Å². The first-order chi connectivity index (χ1) is 12.0. The fourth-order valence-corrected chi connectivity index (χ4v) is 3.81. The summed E-state index contributed by atoms with van der Waals surface area (Å²) in [5.41, 5.74) is 2.40. The number of carbonyl (C=O) groups excluding carboxylic acids is 1. The van der Waals surface area contributed by atoms with Gasteiger partial charge in [0.05, 0.1) is 5.69 Å². The van der Waals surface area contributed by atoms with E-state index in [9.17, 15) is 4.79 Å². The molecule has 3 rings (SSSR count). The molecule has 1 aromatic heterocycles. The van der Waals surface area contributed by atoms with Gasteiger partial charge in [0.15, 0.2) is 5.69 Å². The molecule has 25 heavy (non-hydrogen) atoms. The number of carbonyl (C=O) groups is 1. The molecule has 1 aliphatic rings. The van der Waals surface area contributed by atoms with E-state index in [4.69, 9.17) is 0 Å². The summed E-state index contributed by atoms with van der Waals surface area (Å²) >= 11 is 0. The highest BCUT2D eigenvalue weighted by atomic mass is 16.1.